The Morgan fingerprint density at radius 1 is 1.04 bits per heavy atom. The first-order chi connectivity index (χ1) is 13.3. The van der Waals surface area contributed by atoms with Crippen molar-refractivity contribution in [3.05, 3.63) is 58.3 Å². The van der Waals surface area contributed by atoms with E-state index in [4.69, 9.17) is 23.2 Å². The highest BCUT2D eigenvalue weighted by atomic mass is 35.5. The molecule has 1 unspecified atom stereocenters. The molecule has 1 aliphatic rings. The summed E-state index contributed by atoms with van der Waals surface area (Å²) in [6, 6.07) is 9.28. The van der Waals surface area contributed by atoms with Gasteiger partial charge in [0.15, 0.2) is 0 Å². The molecule has 2 heterocycles. The standard InChI is InChI=1S/C19H23Cl2N3O3S/c20-16-2-4-18(5-3-16)23-7-9-24(10-8-23)28(26,27)14-19(25)6-1-15-11-17(21)13-22-12-15/h2-5,11-13,19,25H,1,6-10,14H2. The van der Waals surface area contributed by atoms with Gasteiger partial charge >= 0.3 is 0 Å². The first-order valence-corrected chi connectivity index (χ1v) is 11.5. The highest BCUT2D eigenvalue weighted by Gasteiger charge is 2.29. The maximum Gasteiger partial charge on any atom is 0.216 e. The number of aryl methyl sites for hydroxylation is 1. The molecule has 0 radical (unpaired) electrons. The van der Waals surface area contributed by atoms with Gasteiger partial charge in [0.2, 0.25) is 10.0 Å². The molecule has 2 aromatic rings. The third kappa shape index (κ3) is 5.81. The first kappa shape index (κ1) is 21.3. The van der Waals surface area contributed by atoms with Crippen LogP contribution in [0.25, 0.3) is 0 Å². The van der Waals surface area contributed by atoms with E-state index in [2.05, 4.69) is 9.88 Å². The minimum absolute atomic E-state index is 0.276. The molecular weight excluding hydrogens is 421 g/mol. The lowest BCUT2D eigenvalue weighted by Gasteiger charge is -2.35. The van der Waals surface area contributed by atoms with Crippen molar-refractivity contribution in [3.63, 3.8) is 0 Å². The SMILES string of the molecule is O=S(=O)(CC(O)CCc1cncc(Cl)c1)N1CCN(c2ccc(Cl)cc2)CC1. The Kier molecular flexibility index (Phi) is 7.17. The molecule has 0 spiro atoms. The van der Waals surface area contributed by atoms with Crippen molar-refractivity contribution in [3.8, 4) is 0 Å². The van der Waals surface area contributed by atoms with Crippen molar-refractivity contribution in [2.24, 2.45) is 0 Å². The van der Waals surface area contributed by atoms with Gasteiger partial charge in [0.05, 0.1) is 16.9 Å². The molecule has 0 saturated carbocycles. The van der Waals surface area contributed by atoms with E-state index in [1.165, 1.54) is 10.5 Å². The molecule has 1 saturated heterocycles. The topological polar surface area (TPSA) is 73.7 Å². The van der Waals surface area contributed by atoms with Crippen molar-refractivity contribution in [1.82, 2.24) is 9.29 Å². The number of halogens is 2. The van der Waals surface area contributed by atoms with Gasteiger partial charge in [-0.15, -0.1) is 0 Å². The smallest absolute Gasteiger partial charge is 0.216 e. The lowest BCUT2D eigenvalue weighted by molar-refractivity contribution is 0.185. The van der Waals surface area contributed by atoms with Gasteiger partial charge in [-0.3, -0.25) is 4.98 Å². The highest BCUT2D eigenvalue weighted by Crippen LogP contribution is 2.21. The average molecular weight is 444 g/mol. The predicted molar refractivity (Wildman–Crippen MR) is 113 cm³/mol. The van der Waals surface area contributed by atoms with Crippen LogP contribution < -0.4 is 4.90 Å². The Bertz CT molecular complexity index is 886. The molecule has 1 aliphatic heterocycles. The van der Waals surface area contributed by atoms with Crippen molar-refractivity contribution >= 4 is 38.9 Å². The van der Waals surface area contributed by atoms with E-state index in [-0.39, 0.29) is 5.75 Å². The Morgan fingerprint density at radius 2 is 1.71 bits per heavy atom. The van der Waals surface area contributed by atoms with Gasteiger partial charge in [-0.2, -0.15) is 4.31 Å². The molecular formula is C19H23Cl2N3O3S. The molecule has 1 aromatic carbocycles. The molecule has 28 heavy (non-hydrogen) atoms. The monoisotopic (exact) mass is 443 g/mol. The van der Waals surface area contributed by atoms with Crippen molar-refractivity contribution in [2.75, 3.05) is 36.8 Å². The number of rotatable bonds is 7. The summed E-state index contributed by atoms with van der Waals surface area (Å²) < 4.78 is 26.8. The Balaban J connectivity index is 1.50. The molecule has 152 valence electrons. The number of nitrogens with zero attached hydrogens (tertiary/aromatic N) is 3. The largest absolute Gasteiger partial charge is 0.392 e. The van der Waals surface area contributed by atoms with Gasteiger partial charge in [-0.25, -0.2) is 8.42 Å². The van der Waals surface area contributed by atoms with Gasteiger partial charge in [0.1, 0.15) is 0 Å². The summed E-state index contributed by atoms with van der Waals surface area (Å²) in [4.78, 5) is 6.12. The summed E-state index contributed by atoms with van der Waals surface area (Å²) in [5.74, 6) is -0.276. The minimum atomic E-state index is -3.51. The van der Waals surface area contributed by atoms with Crippen LogP contribution in [0.2, 0.25) is 10.0 Å². The van der Waals surface area contributed by atoms with Crippen LogP contribution in [0.5, 0.6) is 0 Å². The van der Waals surface area contributed by atoms with E-state index >= 15 is 0 Å². The van der Waals surface area contributed by atoms with E-state index in [9.17, 15) is 13.5 Å². The summed E-state index contributed by atoms with van der Waals surface area (Å²) in [7, 11) is -3.51. The first-order valence-electron chi connectivity index (χ1n) is 9.09. The molecule has 6 nitrogen and oxygen atoms in total. The van der Waals surface area contributed by atoms with E-state index in [1.54, 1.807) is 12.3 Å². The molecule has 3 rings (SSSR count). The van der Waals surface area contributed by atoms with Gasteiger partial charge in [0, 0.05) is 49.3 Å². The van der Waals surface area contributed by atoms with Gasteiger partial charge in [-0.05, 0) is 48.7 Å². The Hall–Kier alpha value is -1.38. The zero-order chi connectivity index (χ0) is 20.1. The normalized spacial score (nSPS) is 16.9. The molecule has 9 heteroatoms. The van der Waals surface area contributed by atoms with Crippen LogP contribution >= 0.6 is 23.2 Å². The molecule has 0 aliphatic carbocycles. The van der Waals surface area contributed by atoms with Crippen molar-refractivity contribution < 1.29 is 13.5 Å². The number of hydrogen-bond donors (Lipinski definition) is 1. The Labute approximate surface area is 175 Å². The lowest BCUT2D eigenvalue weighted by Crippen LogP contribution is -2.50. The molecule has 1 aromatic heterocycles. The summed E-state index contributed by atoms with van der Waals surface area (Å²) in [6.07, 6.45) is 3.14. The van der Waals surface area contributed by atoms with Gasteiger partial charge < -0.3 is 10.0 Å². The third-order valence-corrected chi connectivity index (χ3v) is 7.17. The summed E-state index contributed by atoms with van der Waals surface area (Å²) >= 11 is 11.8. The van der Waals surface area contributed by atoms with Crippen LogP contribution in [-0.4, -0.2) is 60.8 Å². The maximum atomic E-state index is 12.6. The second-order valence-corrected chi connectivity index (χ2v) is 9.73. The van der Waals surface area contributed by atoms with E-state index in [1.807, 2.05) is 24.3 Å². The number of aliphatic hydroxyl groups is 1. The molecule has 1 atom stereocenters. The molecule has 0 amide bonds. The number of aliphatic hydroxyl groups excluding tert-OH is 1. The van der Waals surface area contributed by atoms with Crippen molar-refractivity contribution in [2.45, 2.75) is 18.9 Å². The third-order valence-electron chi connectivity index (χ3n) is 4.75. The van der Waals surface area contributed by atoms with Crippen LogP contribution in [0.15, 0.2) is 42.7 Å². The van der Waals surface area contributed by atoms with Crippen molar-refractivity contribution in [1.29, 1.82) is 0 Å². The fourth-order valence-corrected chi connectivity index (χ4v) is 5.14. The number of piperazine rings is 1. The zero-order valence-corrected chi connectivity index (χ0v) is 17.7. The molecule has 1 N–H and O–H groups in total. The highest BCUT2D eigenvalue weighted by molar-refractivity contribution is 7.89. The van der Waals surface area contributed by atoms with Crippen LogP contribution in [0.4, 0.5) is 5.69 Å². The van der Waals surface area contributed by atoms with Gasteiger partial charge in [-0.1, -0.05) is 23.2 Å². The summed E-state index contributed by atoms with van der Waals surface area (Å²) in [5, 5.41) is 11.4. The minimum Gasteiger partial charge on any atom is -0.392 e. The number of pyridine rings is 1. The number of benzene rings is 1. The zero-order valence-electron chi connectivity index (χ0n) is 15.3. The fourth-order valence-electron chi connectivity index (χ4n) is 3.23. The number of anilines is 1. The number of sulfonamides is 1. The lowest BCUT2D eigenvalue weighted by atomic mass is 10.1. The summed E-state index contributed by atoms with van der Waals surface area (Å²) in [6.45, 7) is 2.00. The number of hydrogen-bond acceptors (Lipinski definition) is 5. The van der Waals surface area contributed by atoms with Crippen LogP contribution in [-0.2, 0) is 16.4 Å². The van der Waals surface area contributed by atoms with Crippen LogP contribution in [0.3, 0.4) is 0 Å². The molecule has 1 fully saturated rings. The van der Waals surface area contributed by atoms with E-state index in [0.717, 1.165) is 11.3 Å². The van der Waals surface area contributed by atoms with Crippen LogP contribution in [0.1, 0.15) is 12.0 Å². The summed E-state index contributed by atoms with van der Waals surface area (Å²) in [5.41, 5.74) is 1.90. The molecule has 0 bridgehead atoms. The maximum absolute atomic E-state index is 12.6. The quantitative estimate of drug-likeness (QED) is 0.711. The average Bonchev–Trinajstić information content (AvgIpc) is 2.67. The van der Waals surface area contributed by atoms with Crippen LogP contribution in [0, 0.1) is 0 Å². The van der Waals surface area contributed by atoms with E-state index < -0.39 is 16.1 Å². The predicted octanol–water partition coefficient (Wildman–Crippen LogP) is 2.83. The van der Waals surface area contributed by atoms with Gasteiger partial charge in [0.25, 0.3) is 0 Å². The second kappa shape index (κ2) is 9.41. The fraction of sp³-hybridized carbons (Fsp3) is 0.421. The number of aromatic nitrogens is 1. The van der Waals surface area contributed by atoms with E-state index in [0.29, 0.717) is 49.1 Å². The Morgan fingerprint density at radius 3 is 2.36 bits per heavy atom. The second-order valence-electron chi connectivity index (χ2n) is 6.84.